The Kier molecular flexibility index (Phi) is 3.44. The monoisotopic (exact) mass is 200 g/mol. The van der Waals surface area contributed by atoms with Crippen LogP contribution in [0.25, 0.3) is 0 Å². The van der Waals surface area contributed by atoms with Gasteiger partial charge in [0.25, 0.3) is 0 Å². The Balaban J connectivity index is 2.52. The smallest absolute Gasteiger partial charge is 0.404 e. The Hall–Kier alpha value is -1.59. The number of ketones is 1. The quantitative estimate of drug-likeness (QED) is 0.342. The van der Waals surface area contributed by atoms with Gasteiger partial charge in [-0.05, 0) is 12.8 Å². The zero-order valence-corrected chi connectivity index (χ0v) is 7.51. The van der Waals surface area contributed by atoms with E-state index >= 15 is 0 Å². The van der Waals surface area contributed by atoms with Gasteiger partial charge in [-0.1, -0.05) is 0 Å². The molecule has 0 spiro atoms. The first-order valence-electron chi connectivity index (χ1n) is 4.33. The van der Waals surface area contributed by atoms with Crippen LogP contribution in [0.5, 0.6) is 0 Å². The van der Waals surface area contributed by atoms with E-state index in [1.54, 1.807) is 0 Å². The van der Waals surface area contributed by atoms with Crippen molar-refractivity contribution < 1.29 is 19.9 Å². The van der Waals surface area contributed by atoms with Gasteiger partial charge in [-0.3, -0.25) is 4.79 Å². The molecule has 1 aliphatic carbocycles. The second-order valence-electron chi connectivity index (χ2n) is 3.26. The summed E-state index contributed by atoms with van der Waals surface area (Å²) in [6.07, 6.45) is 1.26. The van der Waals surface area contributed by atoms with Crippen LogP contribution in [0.4, 0.5) is 4.79 Å². The fourth-order valence-electron chi connectivity index (χ4n) is 1.59. The van der Waals surface area contributed by atoms with Gasteiger partial charge in [-0.2, -0.15) is 0 Å². The molecule has 78 valence electrons. The topological polar surface area (TPSA) is 99.0 Å². The van der Waals surface area contributed by atoms with Gasteiger partial charge in [0, 0.05) is 12.5 Å². The molecule has 2 unspecified atom stereocenters. The summed E-state index contributed by atoms with van der Waals surface area (Å²) in [4.78, 5) is 21.6. The highest BCUT2D eigenvalue weighted by molar-refractivity contribution is 5.95. The molecule has 1 aliphatic rings. The zero-order valence-electron chi connectivity index (χ0n) is 7.51. The van der Waals surface area contributed by atoms with Crippen LogP contribution in [-0.2, 0) is 4.79 Å². The van der Waals surface area contributed by atoms with Gasteiger partial charge in [0.15, 0.2) is 0 Å². The predicted molar refractivity (Wildman–Crippen MR) is 47.6 cm³/mol. The lowest BCUT2D eigenvalue weighted by molar-refractivity contribution is -0.122. The summed E-state index contributed by atoms with van der Waals surface area (Å²) in [7, 11) is 0. The maximum Gasteiger partial charge on any atom is 0.404 e. The minimum absolute atomic E-state index is 0.00811. The number of rotatable bonds is 2. The van der Waals surface area contributed by atoms with E-state index in [4.69, 9.17) is 10.3 Å². The minimum atomic E-state index is -1.09. The van der Waals surface area contributed by atoms with E-state index in [2.05, 4.69) is 10.5 Å². The Labute approximate surface area is 80.6 Å². The van der Waals surface area contributed by atoms with E-state index in [0.717, 1.165) is 6.21 Å². The van der Waals surface area contributed by atoms with E-state index in [-0.39, 0.29) is 11.8 Å². The van der Waals surface area contributed by atoms with Crippen molar-refractivity contribution in [2.24, 2.45) is 11.1 Å². The lowest BCUT2D eigenvalue weighted by Gasteiger charge is -2.25. The first-order chi connectivity index (χ1) is 6.63. The number of hydrogen-bond donors (Lipinski definition) is 3. The molecule has 0 aromatic heterocycles. The molecule has 1 saturated carbocycles. The molecular weight excluding hydrogens is 188 g/mol. The Morgan fingerprint density at radius 1 is 1.64 bits per heavy atom. The van der Waals surface area contributed by atoms with Crippen molar-refractivity contribution >= 4 is 18.1 Å². The van der Waals surface area contributed by atoms with Gasteiger partial charge in [-0.25, -0.2) is 4.79 Å². The third-order valence-corrected chi connectivity index (χ3v) is 2.27. The highest BCUT2D eigenvalue weighted by Crippen LogP contribution is 2.19. The van der Waals surface area contributed by atoms with Crippen molar-refractivity contribution in [2.45, 2.75) is 25.3 Å². The van der Waals surface area contributed by atoms with Crippen LogP contribution in [0.15, 0.2) is 5.16 Å². The highest BCUT2D eigenvalue weighted by Gasteiger charge is 2.28. The standard InChI is InChI=1S/C8H12N2O4/c11-7-2-1-6(10-8(12)13)3-5(7)4-9-14/h4-6,10,14H,1-3H2,(H,12,13)/b9-4-. The first-order valence-corrected chi connectivity index (χ1v) is 4.33. The fraction of sp³-hybridized carbons (Fsp3) is 0.625. The summed E-state index contributed by atoms with van der Waals surface area (Å²) < 4.78 is 0. The fourth-order valence-corrected chi connectivity index (χ4v) is 1.59. The third kappa shape index (κ3) is 2.72. The van der Waals surface area contributed by atoms with Gasteiger partial charge in [0.2, 0.25) is 0 Å². The number of hydrogen-bond acceptors (Lipinski definition) is 4. The van der Waals surface area contributed by atoms with Gasteiger partial charge in [-0.15, -0.1) is 5.16 Å². The second-order valence-corrected chi connectivity index (χ2v) is 3.26. The lowest BCUT2D eigenvalue weighted by atomic mass is 9.85. The molecule has 0 aliphatic heterocycles. The SMILES string of the molecule is O=C(O)NC1CCC(=O)C(/C=N\O)C1. The number of nitrogens with zero attached hydrogens (tertiary/aromatic N) is 1. The van der Waals surface area contributed by atoms with Crippen molar-refractivity contribution in [1.82, 2.24) is 5.32 Å². The maximum atomic E-state index is 11.2. The predicted octanol–water partition coefficient (Wildman–Crippen LogP) is 0.452. The van der Waals surface area contributed by atoms with Gasteiger partial charge in [0.05, 0.1) is 12.1 Å². The molecule has 14 heavy (non-hydrogen) atoms. The number of carbonyl (C=O) groups is 2. The second kappa shape index (κ2) is 4.59. The number of carbonyl (C=O) groups excluding carboxylic acids is 1. The van der Waals surface area contributed by atoms with E-state index in [9.17, 15) is 9.59 Å². The van der Waals surface area contributed by atoms with Crippen LogP contribution in [0.3, 0.4) is 0 Å². The van der Waals surface area contributed by atoms with Crippen LogP contribution in [0.1, 0.15) is 19.3 Å². The number of oxime groups is 1. The van der Waals surface area contributed by atoms with Crippen LogP contribution >= 0.6 is 0 Å². The van der Waals surface area contributed by atoms with Crippen molar-refractivity contribution in [3.05, 3.63) is 0 Å². The molecule has 0 aromatic carbocycles. The van der Waals surface area contributed by atoms with Crippen LogP contribution in [0.2, 0.25) is 0 Å². The molecule has 6 nitrogen and oxygen atoms in total. The molecule has 6 heteroatoms. The minimum Gasteiger partial charge on any atom is -0.465 e. The molecule has 0 heterocycles. The van der Waals surface area contributed by atoms with E-state index in [0.29, 0.717) is 19.3 Å². The molecule has 0 radical (unpaired) electrons. The molecular formula is C8H12N2O4. The Morgan fingerprint density at radius 3 is 2.93 bits per heavy atom. The Bertz CT molecular complexity index is 264. The summed E-state index contributed by atoms with van der Waals surface area (Å²) >= 11 is 0. The molecule has 3 N–H and O–H groups in total. The summed E-state index contributed by atoms with van der Waals surface area (Å²) in [5.41, 5.74) is 0. The van der Waals surface area contributed by atoms with E-state index in [1.165, 1.54) is 0 Å². The molecule has 1 rings (SSSR count). The van der Waals surface area contributed by atoms with E-state index < -0.39 is 12.0 Å². The third-order valence-electron chi connectivity index (χ3n) is 2.27. The Morgan fingerprint density at radius 2 is 2.36 bits per heavy atom. The summed E-state index contributed by atoms with van der Waals surface area (Å²) in [6.45, 7) is 0. The van der Waals surface area contributed by atoms with Crippen molar-refractivity contribution in [1.29, 1.82) is 0 Å². The molecule has 1 amide bonds. The molecule has 2 atom stereocenters. The molecule has 0 bridgehead atoms. The molecule has 1 fully saturated rings. The van der Waals surface area contributed by atoms with Crippen molar-refractivity contribution in [2.75, 3.05) is 0 Å². The summed E-state index contributed by atoms with van der Waals surface area (Å²) in [6, 6.07) is -0.229. The van der Waals surface area contributed by atoms with Crippen LogP contribution in [0, 0.1) is 5.92 Å². The van der Waals surface area contributed by atoms with Gasteiger partial charge < -0.3 is 15.6 Å². The number of amides is 1. The molecule has 0 aromatic rings. The number of carboxylic acid groups (broad SMARTS) is 1. The molecule has 0 saturated heterocycles. The number of nitrogens with one attached hydrogen (secondary N) is 1. The zero-order chi connectivity index (χ0) is 10.6. The summed E-state index contributed by atoms with van der Waals surface area (Å²) in [5, 5.41) is 21.9. The van der Waals surface area contributed by atoms with E-state index in [1.807, 2.05) is 0 Å². The van der Waals surface area contributed by atoms with Gasteiger partial charge >= 0.3 is 6.09 Å². The highest BCUT2D eigenvalue weighted by atomic mass is 16.4. The van der Waals surface area contributed by atoms with Crippen LogP contribution in [-0.4, -0.2) is 34.4 Å². The maximum absolute atomic E-state index is 11.2. The largest absolute Gasteiger partial charge is 0.465 e. The van der Waals surface area contributed by atoms with Gasteiger partial charge in [0.1, 0.15) is 5.78 Å². The lowest BCUT2D eigenvalue weighted by Crippen LogP contribution is -2.40. The normalized spacial score (nSPS) is 27.9. The van der Waals surface area contributed by atoms with Crippen molar-refractivity contribution in [3.63, 3.8) is 0 Å². The van der Waals surface area contributed by atoms with Crippen molar-refractivity contribution in [3.8, 4) is 0 Å². The average molecular weight is 200 g/mol. The van der Waals surface area contributed by atoms with Crippen LogP contribution < -0.4 is 5.32 Å². The average Bonchev–Trinajstić information content (AvgIpc) is 2.10. The summed E-state index contributed by atoms with van der Waals surface area (Å²) in [5.74, 6) is -0.475. The first kappa shape index (κ1) is 10.5. The number of Topliss-reactive ketones (excluding diaryl/α,β-unsaturated/α-hetero) is 1.